The highest BCUT2D eigenvalue weighted by Gasteiger charge is 2.43. The van der Waals surface area contributed by atoms with Gasteiger partial charge in [0.1, 0.15) is 0 Å². The van der Waals surface area contributed by atoms with Gasteiger partial charge >= 0.3 is 0 Å². The maximum Gasteiger partial charge on any atom is 0.234 e. The molecule has 0 N–H and O–H groups in total. The lowest BCUT2D eigenvalue weighted by Crippen LogP contribution is -2.54. The van der Waals surface area contributed by atoms with E-state index in [1.807, 2.05) is 0 Å². The highest BCUT2D eigenvalue weighted by atomic mass is 16.2. The van der Waals surface area contributed by atoms with Crippen LogP contribution in [0, 0.1) is 11.8 Å². The lowest BCUT2D eigenvalue weighted by atomic mass is 9.81. The predicted molar refractivity (Wildman–Crippen MR) is 117 cm³/mol. The number of carbonyl (C=O) groups excluding carboxylic acids is 1. The number of amides is 1. The van der Waals surface area contributed by atoms with E-state index in [0.29, 0.717) is 17.9 Å². The van der Waals surface area contributed by atoms with E-state index in [-0.39, 0.29) is 5.92 Å². The lowest BCUT2D eigenvalue weighted by Gasteiger charge is -2.46. The number of anilines is 1. The number of nitrogens with zero attached hydrogens (tertiary/aromatic N) is 2. The molecule has 3 heteroatoms. The Morgan fingerprint density at radius 1 is 1.04 bits per heavy atom. The molecule has 28 heavy (non-hydrogen) atoms. The van der Waals surface area contributed by atoms with Crippen molar-refractivity contribution in [3.8, 4) is 0 Å². The second-order valence-corrected chi connectivity index (χ2v) is 9.52. The van der Waals surface area contributed by atoms with Gasteiger partial charge in [0.2, 0.25) is 5.91 Å². The quantitative estimate of drug-likeness (QED) is 0.662. The molecule has 4 rings (SSSR count). The summed E-state index contributed by atoms with van der Waals surface area (Å²) in [5.74, 6) is 1.92. The molecule has 0 radical (unpaired) electrons. The summed E-state index contributed by atoms with van der Waals surface area (Å²) in [6, 6.07) is 9.64. The predicted octanol–water partition coefficient (Wildman–Crippen LogP) is 5.60. The zero-order chi connectivity index (χ0) is 19.7. The van der Waals surface area contributed by atoms with Gasteiger partial charge in [-0.25, -0.2) is 0 Å². The molecule has 1 amide bonds. The van der Waals surface area contributed by atoms with Gasteiger partial charge in [0.05, 0.1) is 5.92 Å². The molecule has 1 saturated heterocycles. The summed E-state index contributed by atoms with van der Waals surface area (Å²) in [4.78, 5) is 18.2. The molecule has 0 aromatic heterocycles. The summed E-state index contributed by atoms with van der Waals surface area (Å²) in [6.07, 6.45) is 10.4. The van der Waals surface area contributed by atoms with Crippen LogP contribution >= 0.6 is 0 Å². The van der Waals surface area contributed by atoms with Crippen LogP contribution in [0.2, 0.25) is 0 Å². The van der Waals surface area contributed by atoms with Crippen LogP contribution in [0.1, 0.15) is 83.6 Å². The average molecular weight is 383 g/mol. The van der Waals surface area contributed by atoms with Crippen molar-refractivity contribution in [3.63, 3.8) is 0 Å². The second-order valence-electron chi connectivity index (χ2n) is 9.52. The van der Waals surface area contributed by atoms with E-state index in [4.69, 9.17) is 0 Å². The van der Waals surface area contributed by atoms with Crippen LogP contribution in [0.15, 0.2) is 24.3 Å². The normalized spacial score (nSPS) is 33.9. The van der Waals surface area contributed by atoms with Gasteiger partial charge in [-0.3, -0.25) is 9.69 Å². The molecule has 154 valence electrons. The highest BCUT2D eigenvalue weighted by molar-refractivity contribution is 6.05. The van der Waals surface area contributed by atoms with E-state index >= 15 is 0 Å². The first-order valence-corrected chi connectivity index (χ1v) is 11.8. The van der Waals surface area contributed by atoms with E-state index in [1.54, 1.807) is 0 Å². The molecule has 3 atom stereocenters. The van der Waals surface area contributed by atoms with E-state index in [2.05, 4.69) is 54.8 Å². The fourth-order valence-electron chi connectivity index (χ4n) is 6.25. The van der Waals surface area contributed by atoms with Crippen LogP contribution in [0.25, 0.3) is 0 Å². The second kappa shape index (κ2) is 8.57. The van der Waals surface area contributed by atoms with Gasteiger partial charge in [0.25, 0.3) is 0 Å². The monoisotopic (exact) mass is 382 g/mol. The summed E-state index contributed by atoms with van der Waals surface area (Å²) in [5.41, 5.74) is 2.43. The van der Waals surface area contributed by atoms with Crippen molar-refractivity contribution in [2.75, 3.05) is 18.0 Å². The first-order chi connectivity index (χ1) is 13.6. The van der Waals surface area contributed by atoms with Crippen molar-refractivity contribution in [1.82, 2.24) is 4.90 Å². The zero-order valence-electron chi connectivity index (χ0n) is 18.1. The summed E-state index contributed by atoms with van der Waals surface area (Å²) in [6.45, 7) is 9.13. The third-order valence-electron chi connectivity index (χ3n) is 7.77. The molecule has 1 aromatic carbocycles. The van der Waals surface area contributed by atoms with Crippen molar-refractivity contribution in [3.05, 3.63) is 29.8 Å². The van der Waals surface area contributed by atoms with Crippen molar-refractivity contribution in [2.45, 2.75) is 90.1 Å². The van der Waals surface area contributed by atoms with Gasteiger partial charge in [-0.1, -0.05) is 51.8 Å². The maximum absolute atomic E-state index is 13.2. The van der Waals surface area contributed by atoms with Crippen LogP contribution in [0.5, 0.6) is 0 Å². The Kier molecular flexibility index (Phi) is 6.10. The third-order valence-corrected chi connectivity index (χ3v) is 7.77. The Morgan fingerprint density at radius 3 is 2.46 bits per heavy atom. The van der Waals surface area contributed by atoms with E-state index < -0.39 is 0 Å². The van der Waals surface area contributed by atoms with Gasteiger partial charge in [0, 0.05) is 30.9 Å². The number of benzene rings is 1. The fourth-order valence-corrected chi connectivity index (χ4v) is 6.25. The Labute approximate surface area is 171 Å². The van der Waals surface area contributed by atoms with Gasteiger partial charge < -0.3 is 4.90 Å². The number of hydrogen-bond acceptors (Lipinski definition) is 2. The molecule has 3 aliphatic rings. The van der Waals surface area contributed by atoms with Crippen molar-refractivity contribution in [1.29, 1.82) is 0 Å². The molecule has 1 saturated carbocycles. The average Bonchev–Trinajstić information content (AvgIpc) is 3.00. The molecular weight excluding hydrogens is 344 g/mol. The Hall–Kier alpha value is -1.35. The highest BCUT2D eigenvalue weighted by Crippen LogP contribution is 2.43. The number of para-hydroxylation sites is 1. The number of carbonyl (C=O) groups is 1. The minimum atomic E-state index is 0.0651. The molecule has 3 nitrogen and oxygen atoms in total. The molecule has 3 unspecified atom stereocenters. The SMILES string of the molecule is CCCC1CCC(N2CCC(N3C(=O)C(CC)c4ccccc43)C(C)C2)CC1. The minimum Gasteiger partial charge on any atom is -0.308 e. The summed E-state index contributed by atoms with van der Waals surface area (Å²) >= 11 is 0. The van der Waals surface area contributed by atoms with Gasteiger partial charge in [-0.2, -0.15) is 0 Å². The largest absolute Gasteiger partial charge is 0.308 e. The van der Waals surface area contributed by atoms with Crippen molar-refractivity contribution >= 4 is 11.6 Å². The zero-order valence-corrected chi connectivity index (χ0v) is 18.1. The van der Waals surface area contributed by atoms with Crippen LogP contribution in [0.4, 0.5) is 5.69 Å². The van der Waals surface area contributed by atoms with Gasteiger partial charge in [-0.15, -0.1) is 0 Å². The first kappa shape index (κ1) is 19.9. The molecule has 2 fully saturated rings. The number of likely N-dealkylation sites (tertiary alicyclic amines) is 1. The summed E-state index contributed by atoms with van der Waals surface area (Å²) < 4.78 is 0. The molecule has 1 aliphatic carbocycles. The van der Waals surface area contributed by atoms with Crippen LogP contribution in [-0.4, -0.2) is 36.0 Å². The van der Waals surface area contributed by atoms with Gasteiger partial charge in [0.15, 0.2) is 0 Å². The van der Waals surface area contributed by atoms with Crippen LogP contribution < -0.4 is 4.90 Å². The Balaban J connectivity index is 1.42. The molecular formula is C25H38N2O. The van der Waals surface area contributed by atoms with Gasteiger partial charge in [-0.05, 0) is 62.0 Å². The topological polar surface area (TPSA) is 23.6 Å². The van der Waals surface area contributed by atoms with Crippen molar-refractivity contribution in [2.24, 2.45) is 11.8 Å². The van der Waals surface area contributed by atoms with Crippen LogP contribution in [0.3, 0.4) is 0 Å². The number of hydrogen-bond donors (Lipinski definition) is 0. The van der Waals surface area contributed by atoms with Crippen molar-refractivity contribution < 1.29 is 4.79 Å². The smallest absolute Gasteiger partial charge is 0.234 e. The summed E-state index contributed by atoms with van der Waals surface area (Å²) in [7, 11) is 0. The number of rotatable bonds is 5. The Morgan fingerprint density at radius 2 is 1.79 bits per heavy atom. The third kappa shape index (κ3) is 3.63. The minimum absolute atomic E-state index is 0.0651. The summed E-state index contributed by atoms with van der Waals surface area (Å²) in [5, 5.41) is 0. The molecule has 1 aromatic rings. The van der Waals surface area contributed by atoms with Crippen LogP contribution in [-0.2, 0) is 4.79 Å². The van der Waals surface area contributed by atoms with E-state index in [0.717, 1.165) is 37.9 Å². The molecule has 2 heterocycles. The number of fused-ring (bicyclic) bond motifs is 1. The standard InChI is InChI=1S/C25H38N2O/c1-4-8-19-11-13-20(14-12-19)26-16-15-23(18(3)17-26)27-24-10-7-6-9-22(24)21(5-2)25(27)28/h6-7,9-10,18-21,23H,4-5,8,11-17H2,1-3H3. The molecule has 2 aliphatic heterocycles. The lowest BCUT2D eigenvalue weighted by molar-refractivity contribution is -0.120. The van der Waals surface area contributed by atoms with E-state index in [1.165, 1.54) is 49.8 Å². The first-order valence-electron chi connectivity index (χ1n) is 11.8. The Bertz CT molecular complexity index is 679. The van der Waals surface area contributed by atoms with E-state index in [9.17, 15) is 4.79 Å². The number of piperidine rings is 1. The fraction of sp³-hybridized carbons (Fsp3) is 0.720. The maximum atomic E-state index is 13.2. The molecule has 0 bridgehead atoms. The molecule has 0 spiro atoms.